The number of imidazole rings is 1. The van der Waals surface area contributed by atoms with Gasteiger partial charge in [0.1, 0.15) is 0 Å². The van der Waals surface area contributed by atoms with Gasteiger partial charge in [-0.2, -0.15) is 0 Å². The molecule has 0 saturated carbocycles. The van der Waals surface area contributed by atoms with Crippen molar-refractivity contribution < 1.29 is 9.90 Å². The Bertz CT molecular complexity index is 732. The van der Waals surface area contributed by atoms with Crippen LogP contribution in [0.15, 0.2) is 48.9 Å². The van der Waals surface area contributed by atoms with E-state index < -0.39 is 5.97 Å². The van der Waals surface area contributed by atoms with Crippen LogP contribution in [0, 0.1) is 0 Å². The van der Waals surface area contributed by atoms with Gasteiger partial charge in [0.25, 0.3) is 0 Å². The van der Waals surface area contributed by atoms with Crippen LogP contribution in [0.1, 0.15) is 15.9 Å². The summed E-state index contributed by atoms with van der Waals surface area (Å²) < 4.78 is 1.98. The number of rotatable bonds is 3. The number of carboxylic acid groups (broad SMARTS) is 1. The molecule has 0 saturated heterocycles. The SMILES string of the molecule is O=C(O)c1ccc(Cn2cnc3ncccc32)cc1. The lowest BCUT2D eigenvalue weighted by Gasteiger charge is -2.04. The second-order valence-electron chi connectivity index (χ2n) is 4.22. The van der Waals surface area contributed by atoms with E-state index in [0.717, 1.165) is 11.1 Å². The number of aromatic nitrogens is 3. The summed E-state index contributed by atoms with van der Waals surface area (Å²) >= 11 is 0. The van der Waals surface area contributed by atoms with E-state index >= 15 is 0 Å². The van der Waals surface area contributed by atoms with Gasteiger partial charge in [0.05, 0.1) is 17.4 Å². The predicted molar refractivity (Wildman–Crippen MR) is 70.0 cm³/mol. The maximum absolute atomic E-state index is 10.8. The van der Waals surface area contributed by atoms with Crippen LogP contribution in [0.3, 0.4) is 0 Å². The monoisotopic (exact) mass is 253 g/mol. The van der Waals surface area contributed by atoms with E-state index in [2.05, 4.69) is 9.97 Å². The van der Waals surface area contributed by atoms with Crippen molar-refractivity contribution in [2.24, 2.45) is 0 Å². The Morgan fingerprint density at radius 3 is 2.68 bits per heavy atom. The van der Waals surface area contributed by atoms with Crippen molar-refractivity contribution in [3.8, 4) is 0 Å². The smallest absolute Gasteiger partial charge is 0.335 e. The summed E-state index contributed by atoms with van der Waals surface area (Å²) in [5.74, 6) is -0.913. The Morgan fingerprint density at radius 2 is 1.95 bits per heavy atom. The molecule has 0 amide bonds. The molecule has 0 atom stereocenters. The lowest BCUT2D eigenvalue weighted by Crippen LogP contribution is -2.00. The van der Waals surface area contributed by atoms with Crippen LogP contribution in [0.2, 0.25) is 0 Å². The maximum Gasteiger partial charge on any atom is 0.335 e. The molecule has 0 radical (unpaired) electrons. The molecular formula is C14H11N3O2. The van der Waals surface area contributed by atoms with Crippen molar-refractivity contribution in [1.82, 2.24) is 14.5 Å². The first kappa shape index (κ1) is 11.4. The third kappa shape index (κ3) is 2.18. The number of benzene rings is 1. The van der Waals surface area contributed by atoms with E-state index in [1.807, 2.05) is 28.8 Å². The summed E-state index contributed by atoms with van der Waals surface area (Å²) in [5, 5.41) is 8.85. The molecule has 0 aliphatic carbocycles. The van der Waals surface area contributed by atoms with Crippen LogP contribution in [0.25, 0.3) is 11.2 Å². The topological polar surface area (TPSA) is 68.0 Å². The van der Waals surface area contributed by atoms with E-state index in [1.54, 1.807) is 24.7 Å². The summed E-state index contributed by atoms with van der Waals surface area (Å²) in [6.07, 6.45) is 3.45. The van der Waals surface area contributed by atoms with Crippen LogP contribution in [-0.4, -0.2) is 25.6 Å². The van der Waals surface area contributed by atoms with Crippen molar-refractivity contribution in [3.05, 3.63) is 60.0 Å². The first-order valence-electron chi connectivity index (χ1n) is 5.82. The summed E-state index contributed by atoms with van der Waals surface area (Å²) in [6.45, 7) is 0.641. The first-order chi connectivity index (χ1) is 9.24. The fourth-order valence-corrected chi connectivity index (χ4v) is 1.97. The van der Waals surface area contributed by atoms with Crippen LogP contribution in [0.5, 0.6) is 0 Å². The Morgan fingerprint density at radius 1 is 1.16 bits per heavy atom. The summed E-state index contributed by atoms with van der Waals surface area (Å²) in [5.41, 5.74) is 2.99. The average Bonchev–Trinajstić information content (AvgIpc) is 2.83. The van der Waals surface area contributed by atoms with Gasteiger partial charge in [-0.25, -0.2) is 14.8 Å². The highest BCUT2D eigenvalue weighted by Gasteiger charge is 2.05. The van der Waals surface area contributed by atoms with E-state index in [4.69, 9.17) is 5.11 Å². The highest BCUT2D eigenvalue weighted by Crippen LogP contribution is 2.12. The van der Waals surface area contributed by atoms with Crippen molar-refractivity contribution in [1.29, 1.82) is 0 Å². The number of hydrogen-bond donors (Lipinski definition) is 1. The van der Waals surface area contributed by atoms with E-state index in [1.165, 1.54) is 0 Å². The molecule has 19 heavy (non-hydrogen) atoms. The molecule has 1 N–H and O–H groups in total. The zero-order chi connectivity index (χ0) is 13.2. The van der Waals surface area contributed by atoms with Gasteiger partial charge in [-0.1, -0.05) is 12.1 Å². The predicted octanol–water partition coefficient (Wildman–Crippen LogP) is 2.18. The molecular weight excluding hydrogens is 242 g/mol. The lowest BCUT2D eigenvalue weighted by atomic mass is 10.1. The largest absolute Gasteiger partial charge is 0.478 e. The zero-order valence-corrected chi connectivity index (χ0v) is 10.0. The number of carboxylic acids is 1. The third-order valence-electron chi connectivity index (χ3n) is 2.95. The van der Waals surface area contributed by atoms with Gasteiger partial charge in [0.2, 0.25) is 0 Å². The maximum atomic E-state index is 10.8. The van der Waals surface area contributed by atoms with E-state index in [-0.39, 0.29) is 0 Å². The molecule has 3 aromatic rings. The zero-order valence-electron chi connectivity index (χ0n) is 10.0. The van der Waals surface area contributed by atoms with Gasteiger partial charge >= 0.3 is 5.97 Å². The quantitative estimate of drug-likeness (QED) is 0.776. The Kier molecular flexibility index (Phi) is 2.72. The minimum absolute atomic E-state index is 0.293. The molecule has 0 aliphatic heterocycles. The minimum atomic E-state index is -0.913. The van der Waals surface area contributed by atoms with Gasteiger partial charge in [-0.05, 0) is 29.8 Å². The van der Waals surface area contributed by atoms with Crippen molar-refractivity contribution in [3.63, 3.8) is 0 Å². The number of fused-ring (bicyclic) bond motifs is 1. The Labute approximate surface area is 109 Å². The average molecular weight is 253 g/mol. The fraction of sp³-hybridized carbons (Fsp3) is 0.0714. The molecule has 5 nitrogen and oxygen atoms in total. The van der Waals surface area contributed by atoms with Gasteiger partial charge in [-0.15, -0.1) is 0 Å². The minimum Gasteiger partial charge on any atom is -0.478 e. The summed E-state index contributed by atoms with van der Waals surface area (Å²) in [7, 11) is 0. The highest BCUT2D eigenvalue weighted by molar-refractivity contribution is 5.87. The fourth-order valence-electron chi connectivity index (χ4n) is 1.97. The molecule has 2 aromatic heterocycles. The van der Waals surface area contributed by atoms with Gasteiger partial charge in [-0.3, -0.25) is 0 Å². The molecule has 0 bridgehead atoms. The standard InChI is InChI=1S/C14H11N3O2/c18-14(19)11-5-3-10(4-6-11)8-17-9-16-13-12(17)2-1-7-15-13/h1-7,9H,8H2,(H,18,19). The molecule has 2 heterocycles. The molecule has 94 valence electrons. The van der Waals surface area contributed by atoms with Crippen molar-refractivity contribution >= 4 is 17.1 Å². The van der Waals surface area contributed by atoms with E-state index in [0.29, 0.717) is 17.8 Å². The Hall–Kier alpha value is -2.69. The number of carbonyl (C=O) groups is 1. The molecule has 1 aromatic carbocycles. The van der Waals surface area contributed by atoms with Crippen LogP contribution in [0.4, 0.5) is 0 Å². The number of hydrogen-bond acceptors (Lipinski definition) is 3. The lowest BCUT2D eigenvalue weighted by molar-refractivity contribution is 0.0697. The van der Waals surface area contributed by atoms with Gasteiger partial charge in [0.15, 0.2) is 5.65 Å². The molecule has 5 heteroatoms. The molecule has 0 aliphatic rings. The molecule has 0 spiro atoms. The van der Waals surface area contributed by atoms with E-state index in [9.17, 15) is 4.79 Å². The van der Waals surface area contributed by atoms with Gasteiger partial charge < -0.3 is 9.67 Å². The number of pyridine rings is 1. The first-order valence-corrected chi connectivity index (χ1v) is 5.82. The Balaban J connectivity index is 1.90. The highest BCUT2D eigenvalue weighted by atomic mass is 16.4. The number of nitrogens with zero attached hydrogens (tertiary/aromatic N) is 3. The second kappa shape index (κ2) is 4.53. The normalized spacial score (nSPS) is 10.7. The number of aromatic carboxylic acids is 1. The summed E-state index contributed by atoms with van der Waals surface area (Å²) in [6, 6.07) is 10.7. The molecule has 3 rings (SSSR count). The molecule has 0 unspecified atom stereocenters. The third-order valence-corrected chi connectivity index (χ3v) is 2.95. The van der Waals surface area contributed by atoms with Crippen LogP contribution >= 0.6 is 0 Å². The second-order valence-corrected chi connectivity index (χ2v) is 4.22. The van der Waals surface area contributed by atoms with Crippen molar-refractivity contribution in [2.75, 3.05) is 0 Å². The van der Waals surface area contributed by atoms with Crippen LogP contribution < -0.4 is 0 Å². The summed E-state index contributed by atoms with van der Waals surface area (Å²) in [4.78, 5) is 19.2. The molecule has 0 fully saturated rings. The van der Waals surface area contributed by atoms with Crippen molar-refractivity contribution in [2.45, 2.75) is 6.54 Å². The van der Waals surface area contributed by atoms with Gasteiger partial charge in [0, 0.05) is 12.7 Å². The van der Waals surface area contributed by atoms with Crippen LogP contribution in [-0.2, 0) is 6.54 Å².